The largest absolute Gasteiger partial charge is 0.508 e. The molecule has 2 aliphatic heterocycles. The number of hydrogen-bond acceptors (Lipinski definition) is 10. The number of aromatic hydroxyl groups is 3. The van der Waals surface area contributed by atoms with Crippen LogP contribution in [-0.2, 0) is 6.42 Å². The highest BCUT2D eigenvalue weighted by atomic mass is 33.1. The van der Waals surface area contributed by atoms with Crippen LogP contribution in [0.3, 0.4) is 0 Å². The van der Waals surface area contributed by atoms with E-state index in [0.717, 1.165) is 53.5 Å². The van der Waals surface area contributed by atoms with Gasteiger partial charge in [-0.3, -0.25) is 0 Å². The number of aliphatic hydroxyl groups is 1. The van der Waals surface area contributed by atoms with E-state index in [9.17, 15) is 20.4 Å². The number of phenols is 3. The van der Waals surface area contributed by atoms with Crippen molar-refractivity contribution in [1.82, 2.24) is 0 Å². The van der Waals surface area contributed by atoms with Gasteiger partial charge >= 0.3 is 0 Å². The second kappa shape index (κ2) is 14.3. The third-order valence-corrected chi connectivity index (χ3v) is 13.9. The predicted molar refractivity (Wildman–Crippen MR) is 195 cm³/mol. The molecular formula is C39H48O8S2. The molecule has 6 unspecified atom stereocenters. The molecule has 0 saturated heterocycles. The van der Waals surface area contributed by atoms with E-state index in [1.54, 1.807) is 19.2 Å². The normalized spacial score (nSPS) is 26.0. The van der Waals surface area contributed by atoms with Crippen LogP contribution in [0, 0.1) is 11.8 Å². The molecule has 4 N–H and O–H groups in total. The molecule has 0 amide bonds. The maximum Gasteiger partial charge on any atom is 0.207 e. The van der Waals surface area contributed by atoms with Gasteiger partial charge in [-0.25, -0.2) is 0 Å². The summed E-state index contributed by atoms with van der Waals surface area (Å²) in [5, 5.41) is 46.0. The summed E-state index contributed by atoms with van der Waals surface area (Å²) in [5.41, 5.74) is 5.60. The van der Waals surface area contributed by atoms with Crippen molar-refractivity contribution in [3.8, 4) is 51.4 Å². The molecule has 3 aromatic rings. The van der Waals surface area contributed by atoms with Crippen LogP contribution in [0.5, 0.6) is 40.2 Å². The van der Waals surface area contributed by atoms with Crippen molar-refractivity contribution in [1.29, 1.82) is 0 Å². The van der Waals surface area contributed by atoms with Crippen LogP contribution < -0.4 is 18.9 Å². The monoisotopic (exact) mass is 708 g/mol. The summed E-state index contributed by atoms with van der Waals surface area (Å²) in [6.45, 7) is 4.57. The molecule has 0 aromatic heterocycles. The summed E-state index contributed by atoms with van der Waals surface area (Å²) >= 11 is 0. The smallest absolute Gasteiger partial charge is 0.207 e. The Hall–Kier alpha value is -3.08. The number of rotatable bonds is 7. The average molecular weight is 709 g/mol. The first-order valence-electron chi connectivity index (χ1n) is 17.6. The van der Waals surface area contributed by atoms with Crippen LogP contribution in [-0.4, -0.2) is 58.4 Å². The lowest BCUT2D eigenvalue weighted by molar-refractivity contribution is 0.00296. The Balaban J connectivity index is 1.37. The van der Waals surface area contributed by atoms with Crippen molar-refractivity contribution in [3.63, 3.8) is 0 Å². The molecule has 2 aliphatic carbocycles. The van der Waals surface area contributed by atoms with E-state index in [4.69, 9.17) is 18.9 Å². The molecule has 6 atom stereocenters. The summed E-state index contributed by atoms with van der Waals surface area (Å²) in [6.07, 6.45) is 6.63. The molecule has 264 valence electrons. The number of fused-ring (bicyclic) bond motifs is 6. The second-order valence-electron chi connectivity index (χ2n) is 14.5. The van der Waals surface area contributed by atoms with Gasteiger partial charge in [0.15, 0.2) is 17.6 Å². The highest BCUT2D eigenvalue weighted by Crippen LogP contribution is 2.58. The number of ether oxygens (including phenoxy) is 4. The van der Waals surface area contributed by atoms with E-state index < -0.39 is 12.2 Å². The Labute approximate surface area is 296 Å². The summed E-state index contributed by atoms with van der Waals surface area (Å²) in [4.78, 5) is 0. The SMILES string of the molecule is COc1cc2c3c4c1-c1ccc(O)cc1C(CCC1CCCC(C1)SSCC3C(O)C(c1cc(OCCC(C)C)c(O)c(OC)c1O)O2)C4. The molecule has 0 radical (unpaired) electrons. The van der Waals surface area contributed by atoms with Crippen LogP contribution in [0.1, 0.15) is 99.0 Å². The highest BCUT2D eigenvalue weighted by molar-refractivity contribution is 8.76. The standard InChI is InChI=1S/C39H48O8S2/c1-20(2)12-13-46-32-17-28(35(41)39(45-4)37(32)43)38-36(42)29-19-48-49-24-7-5-6-21(14-24)8-9-22-15-27-33(25-11-10-23(40)16-26(22)25)30(44-3)18-31(47-38)34(27)29/h10-11,16-18,20-22,24,29,36,38,40-43H,5-9,12-15,19H2,1-4H3. The van der Waals surface area contributed by atoms with Crippen LogP contribution in [0.15, 0.2) is 30.3 Å². The van der Waals surface area contributed by atoms with Crippen molar-refractivity contribution in [2.75, 3.05) is 26.6 Å². The lowest BCUT2D eigenvalue weighted by Gasteiger charge is -2.41. The lowest BCUT2D eigenvalue weighted by Crippen LogP contribution is -2.37. The number of benzene rings is 3. The minimum absolute atomic E-state index is 0.115. The van der Waals surface area contributed by atoms with Gasteiger partial charge in [0.05, 0.1) is 20.8 Å². The molecular weight excluding hydrogens is 661 g/mol. The molecule has 49 heavy (non-hydrogen) atoms. The molecule has 8 nitrogen and oxygen atoms in total. The minimum atomic E-state index is -1.02. The van der Waals surface area contributed by atoms with Gasteiger partial charge in [-0.05, 0) is 91.2 Å². The molecule has 0 spiro atoms. The van der Waals surface area contributed by atoms with Crippen molar-refractivity contribution < 1.29 is 39.4 Å². The zero-order chi connectivity index (χ0) is 34.4. The molecule has 7 rings (SSSR count). The Morgan fingerprint density at radius 3 is 2.55 bits per heavy atom. The van der Waals surface area contributed by atoms with E-state index in [1.807, 2.05) is 39.8 Å². The van der Waals surface area contributed by atoms with Crippen LogP contribution in [0.2, 0.25) is 0 Å². The molecule has 4 bridgehead atoms. The predicted octanol–water partition coefficient (Wildman–Crippen LogP) is 8.86. The first kappa shape index (κ1) is 34.4. The summed E-state index contributed by atoms with van der Waals surface area (Å²) < 4.78 is 24.2. The Bertz CT molecular complexity index is 1690. The number of methoxy groups -OCH3 is 2. The minimum Gasteiger partial charge on any atom is -0.508 e. The van der Waals surface area contributed by atoms with Gasteiger partial charge in [0.25, 0.3) is 0 Å². The molecule has 2 heterocycles. The van der Waals surface area contributed by atoms with Crippen molar-refractivity contribution in [3.05, 3.63) is 52.6 Å². The van der Waals surface area contributed by atoms with Gasteiger partial charge in [-0.1, -0.05) is 54.3 Å². The Morgan fingerprint density at radius 2 is 1.78 bits per heavy atom. The van der Waals surface area contributed by atoms with E-state index in [2.05, 4.69) is 13.8 Å². The quantitative estimate of drug-likeness (QED) is 0.177. The lowest BCUT2D eigenvalue weighted by atomic mass is 9.71. The fourth-order valence-electron chi connectivity index (χ4n) is 8.42. The van der Waals surface area contributed by atoms with Crippen molar-refractivity contribution >= 4 is 21.6 Å². The summed E-state index contributed by atoms with van der Waals surface area (Å²) in [5.74, 6) is 2.65. The highest BCUT2D eigenvalue weighted by Gasteiger charge is 2.45. The van der Waals surface area contributed by atoms with Crippen LogP contribution in [0.4, 0.5) is 0 Å². The first-order valence-corrected chi connectivity index (χ1v) is 20.0. The van der Waals surface area contributed by atoms with Gasteiger partial charge in [-0.2, -0.15) is 0 Å². The third kappa shape index (κ3) is 6.49. The number of aliphatic hydroxyl groups excluding tert-OH is 1. The number of hydrogen-bond donors (Lipinski definition) is 4. The van der Waals surface area contributed by atoms with Gasteiger partial charge in [0, 0.05) is 39.7 Å². The van der Waals surface area contributed by atoms with E-state index in [1.165, 1.54) is 32.8 Å². The topological polar surface area (TPSA) is 118 Å². The second-order valence-corrected chi connectivity index (χ2v) is 17.2. The van der Waals surface area contributed by atoms with E-state index in [0.29, 0.717) is 46.5 Å². The van der Waals surface area contributed by atoms with Crippen molar-refractivity contribution in [2.24, 2.45) is 11.8 Å². The van der Waals surface area contributed by atoms with Gasteiger partial charge < -0.3 is 39.4 Å². The summed E-state index contributed by atoms with van der Waals surface area (Å²) in [6, 6.07) is 9.16. The van der Waals surface area contributed by atoms with Gasteiger partial charge in [0.1, 0.15) is 23.4 Å². The molecule has 10 heteroatoms. The van der Waals surface area contributed by atoms with Gasteiger partial charge in [0.2, 0.25) is 11.5 Å². The van der Waals surface area contributed by atoms with Crippen LogP contribution >= 0.6 is 21.6 Å². The van der Waals surface area contributed by atoms with E-state index in [-0.39, 0.29) is 40.6 Å². The summed E-state index contributed by atoms with van der Waals surface area (Å²) in [7, 11) is 6.81. The maximum atomic E-state index is 12.4. The molecule has 1 saturated carbocycles. The molecule has 1 fully saturated rings. The fraction of sp³-hybridized carbons (Fsp3) is 0.538. The van der Waals surface area contributed by atoms with Crippen molar-refractivity contribution in [2.45, 2.75) is 94.5 Å². The zero-order valence-electron chi connectivity index (χ0n) is 28.7. The van der Waals surface area contributed by atoms with E-state index >= 15 is 0 Å². The Kier molecular flexibility index (Phi) is 10.0. The van der Waals surface area contributed by atoms with Gasteiger partial charge in [-0.15, -0.1) is 0 Å². The Morgan fingerprint density at radius 1 is 0.939 bits per heavy atom. The number of phenolic OH excluding ortho intramolecular Hbond substituents is 3. The first-order chi connectivity index (χ1) is 23.7. The molecule has 4 aliphatic rings. The third-order valence-electron chi connectivity index (χ3n) is 11.0. The average Bonchev–Trinajstić information content (AvgIpc) is 3.09. The zero-order valence-corrected chi connectivity index (χ0v) is 30.4. The molecule has 3 aromatic carbocycles. The van der Waals surface area contributed by atoms with Crippen LogP contribution in [0.25, 0.3) is 11.1 Å². The maximum absolute atomic E-state index is 12.4. The fourth-order valence-corrected chi connectivity index (χ4v) is 11.6.